The summed E-state index contributed by atoms with van der Waals surface area (Å²) in [5, 5.41) is 14.8. The van der Waals surface area contributed by atoms with E-state index in [1.165, 1.54) is 31.2 Å². The molecule has 0 fully saturated rings. The number of ether oxygens (including phenoxy) is 2. The number of alkyl carbamates (subject to hydrolysis) is 1. The van der Waals surface area contributed by atoms with Gasteiger partial charge in [0.05, 0.1) is 7.11 Å². The lowest BCUT2D eigenvalue weighted by Gasteiger charge is -2.32. The zero-order chi connectivity index (χ0) is 28.6. The Morgan fingerprint density at radius 2 is 1.66 bits per heavy atom. The average molecular weight is 528 g/mol. The number of likely N-dealkylation sites (N-methyl/N-ethyl adjacent to an activating group) is 1. The van der Waals surface area contributed by atoms with Crippen LogP contribution in [0, 0.1) is 13.8 Å². The van der Waals surface area contributed by atoms with Crippen molar-refractivity contribution in [1.82, 2.24) is 15.5 Å². The van der Waals surface area contributed by atoms with Gasteiger partial charge in [0.1, 0.15) is 30.0 Å². The van der Waals surface area contributed by atoms with Gasteiger partial charge >= 0.3 is 12.1 Å². The number of nitrogens with zero attached hydrogens (tertiary/aromatic N) is 1. The van der Waals surface area contributed by atoms with E-state index in [0.717, 1.165) is 11.1 Å². The van der Waals surface area contributed by atoms with Crippen LogP contribution < -0.4 is 10.6 Å². The lowest BCUT2D eigenvalue weighted by Crippen LogP contribution is -2.53. The molecule has 0 aromatic heterocycles. The zero-order valence-corrected chi connectivity index (χ0v) is 23.0. The molecule has 3 N–H and O–H groups in total. The molecule has 0 saturated carbocycles. The molecule has 2 atom stereocenters. The Hall–Kier alpha value is -4.08. The largest absolute Gasteiger partial charge is 0.508 e. The van der Waals surface area contributed by atoms with Crippen molar-refractivity contribution in [3.8, 4) is 5.75 Å². The third kappa shape index (κ3) is 8.50. The van der Waals surface area contributed by atoms with E-state index in [1.54, 1.807) is 45.0 Å². The van der Waals surface area contributed by atoms with E-state index in [2.05, 4.69) is 15.4 Å². The van der Waals surface area contributed by atoms with E-state index in [-0.39, 0.29) is 18.7 Å². The number of carbonyl (C=O) groups is 4. The topological polar surface area (TPSA) is 134 Å². The normalized spacial score (nSPS) is 12.6. The lowest BCUT2D eigenvalue weighted by molar-refractivity contribution is -0.143. The van der Waals surface area contributed by atoms with Gasteiger partial charge < -0.3 is 30.1 Å². The molecule has 0 aliphatic carbocycles. The summed E-state index contributed by atoms with van der Waals surface area (Å²) < 4.78 is 9.99. The summed E-state index contributed by atoms with van der Waals surface area (Å²) in [5.41, 5.74) is 2.17. The van der Waals surface area contributed by atoms with Gasteiger partial charge in [-0.05, 0) is 69.0 Å². The number of aryl methyl sites for hydroxylation is 1. The van der Waals surface area contributed by atoms with Gasteiger partial charge in [-0.25, -0.2) is 4.79 Å². The molecule has 0 heterocycles. The maximum Gasteiger partial charge on any atom is 0.408 e. The first kappa shape index (κ1) is 30.1. The van der Waals surface area contributed by atoms with Crippen LogP contribution in [0.4, 0.5) is 4.79 Å². The number of phenols is 1. The molecule has 0 radical (unpaired) electrons. The molecule has 0 aliphatic rings. The number of hydrogen-bond acceptors (Lipinski definition) is 7. The fourth-order valence-corrected chi connectivity index (χ4v) is 3.81. The number of phenolic OH excluding ortho intramolecular Hbond substituents is 1. The fourth-order valence-electron chi connectivity index (χ4n) is 3.81. The summed E-state index contributed by atoms with van der Waals surface area (Å²) in [7, 11) is 2.68. The minimum absolute atomic E-state index is 0.0612. The molecule has 38 heavy (non-hydrogen) atoms. The highest BCUT2D eigenvalue weighted by Gasteiger charge is 2.35. The van der Waals surface area contributed by atoms with Crippen LogP contribution in [0.25, 0.3) is 0 Å². The van der Waals surface area contributed by atoms with Gasteiger partial charge in [0.2, 0.25) is 11.8 Å². The average Bonchev–Trinajstić information content (AvgIpc) is 2.84. The Labute approximate surface area is 223 Å². The minimum atomic E-state index is -1.10. The molecule has 3 amide bonds. The predicted octanol–water partition coefficient (Wildman–Crippen LogP) is 2.93. The van der Waals surface area contributed by atoms with Crippen LogP contribution in [0.3, 0.4) is 0 Å². The number of carbonyl (C=O) groups excluding carboxylic acids is 4. The van der Waals surface area contributed by atoms with E-state index in [1.807, 2.05) is 19.9 Å². The predicted molar refractivity (Wildman–Crippen MR) is 141 cm³/mol. The molecular formula is C28H37N3O7. The van der Waals surface area contributed by atoms with Crippen LogP contribution >= 0.6 is 0 Å². The highest BCUT2D eigenvalue weighted by molar-refractivity contribution is 5.93. The van der Waals surface area contributed by atoms with Gasteiger partial charge in [-0.1, -0.05) is 30.3 Å². The van der Waals surface area contributed by atoms with Crippen molar-refractivity contribution < 1.29 is 33.8 Å². The maximum absolute atomic E-state index is 13.9. The molecule has 2 rings (SSSR count). The number of hydrogen-bond donors (Lipinski definition) is 3. The first-order valence-corrected chi connectivity index (χ1v) is 12.2. The van der Waals surface area contributed by atoms with Crippen molar-refractivity contribution in [1.29, 1.82) is 0 Å². The van der Waals surface area contributed by atoms with E-state index in [9.17, 15) is 24.3 Å². The Kier molecular flexibility index (Phi) is 10.3. The molecule has 0 saturated heterocycles. The molecule has 10 nitrogen and oxygen atoms in total. The SMILES string of the molecule is COC(=O)CNC(=O)C(c1cccc(C)c1C)N(C)C(=O)C(Cc1ccc(O)cc1)NC(=O)OC(C)(C)C. The van der Waals surface area contributed by atoms with Gasteiger partial charge in [0.15, 0.2) is 0 Å². The number of esters is 1. The highest BCUT2D eigenvalue weighted by atomic mass is 16.6. The van der Waals surface area contributed by atoms with Crippen molar-refractivity contribution in [3.63, 3.8) is 0 Å². The maximum atomic E-state index is 13.9. The van der Waals surface area contributed by atoms with E-state index in [4.69, 9.17) is 4.74 Å². The molecule has 0 spiro atoms. The van der Waals surface area contributed by atoms with Crippen molar-refractivity contribution in [3.05, 3.63) is 64.7 Å². The first-order chi connectivity index (χ1) is 17.7. The third-order valence-electron chi connectivity index (χ3n) is 5.92. The standard InChI is InChI=1S/C28H37N3O7/c1-17-9-8-10-21(18(17)2)24(25(34)29-16-23(33)37-7)31(6)26(35)22(30-27(36)38-28(3,4)5)15-19-11-13-20(32)14-12-19/h8-14,22,24,32H,15-16H2,1-7H3,(H,29,34)(H,30,36). The number of nitrogens with one attached hydrogen (secondary N) is 2. The number of amides is 3. The molecule has 2 aromatic carbocycles. The van der Waals surface area contributed by atoms with E-state index >= 15 is 0 Å². The van der Waals surface area contributed by atoms with Gasteiger partial charge in [-0.15, -0.1) is 0 Å². The third-order valence-corrected chi connectivity index (χ3v) is 5.92. The molecular weight excluding hydrogens is 490 g/mol. The second-order valence-corrected chi connectivity index (χ2v) is 10.0. The molecule has 0 aliphatic heterocycles. The molecule has 206 valence electrons. The number of rotatable bonds is 9. The minimum Gasteiger partial charge on any atom is -0.508 e. The van der Waals surface area contributed by atoms with Crippen molar-refractivity contribution in [2.24, 2.45) is 0 Å². The van der Waals surface area contributed by atoms with Gasteiger partial charge in [0.25, 0.3) is 0 Å². The first-order valence-electron chi connectivity index (χ1n) is 12.2. The van der Waals surface area contributed by atoms with Crippen molar-refractivity contribution in [2.45, 2.75) is 58.7 Å². The van der Waals surface area contributed by atoms with E-state index in [0.29, 0.717) is 11.1 Å². The lowest BCUT2D eigenvalue weighted by atomic mass is 9.95. The number of methoxy groups -OCH3 is 1. The van der Waals surface area contributed by atoms with Crippen LogP contribution in [0.15, 0.2) is 42.5 Å². The van der Waals surface area contributed by atoms with Crippen molar-refractivity contribution >= 4 is 23.9 Å². The summed E-state index contributed by atoms with van der Waals surface area (Å²) in [6, 6.07) is 9.45. The molecule has 2 aromatic rings. The molecule has 10 heteroatoms. The van der Waals surface area contributed by atoms with Gasteiger partial charge in [0, 0.05) is 13.5 Å². The second kappa shape index (κ2) is 12.9. The summed E-state index contributed by atoms with van der Waals surface area (Å²) in [4.78, 5) is 52.8. The Morgan fingerprint density at radius 1 is 1.03 bits per heavy atom. The molecule has 2 unspecified atom stereocenters. The summed E-state index contributed by atoms with van der Waals surface area (Å²) in [5.74, 6) is -1.71. The van der Waals surface area contributed by atoms with Crippen LogP contribution in [0.1, 0.15) is 49.1 Å². The van der Waals surface area contributed by atoms with Gasteiger partial charge in [-0.2, -0.15) is 0 Å². The fraction of sp³-hybridized carbons (Fsp3) is 0.429. The van der Waals surface area contributed by atoms with Crippen LogP contribution in [0.5, 0.6) is 5.75 Å². The highest BCUT2D eigenvalue weighted by Crippen LogP contribution is 2.26. The second-order valence-electron chi connectivity index (χ2n) is 10.0. The Balaban J connectivity index is 2.45. The van der Waals surface area contributed by atoms with Crippen LogP contribution in [-0.2, 0) is 30.3 Å². The Bertz CT molecular complexity index is 1160. The number of aromatic hydroxyl groups is 1. The quantitative estimate of drug-likeness (QED) is 0.427. The van der Waals surface area contributed by atoms with E-state index < -0.39 is 41.6 Å². The van der Waals surface area contributed by atoms with Crippen molar-refractivity contribution in [2.75, 3.05) is 20.7 Å². The zero-order valence-electron chi connectivity index (χ0n) is 23.0. The van der Waals surface area contributed by atoms with Gasteiger partial charge in [-0.3, -0.25) is 14.4 Å². The van der Waals surface area contributed by atoms with Crippen LogP contribution in [0.2, 0.25) is 0 Å². The summed E-state index contributed by atoms with van der Waals surface area (Å²) in [6.45, 7) is 8.48. The number of benzene rings is 2. The van der Waals surface area contributed by atoms with Crippen LogP contribution in [-0.4, -0.2) is 66.2 Å². The molecule has 0 bridgehead atoms. The summed E-state index contributed by atoms with van der Waals surface area (Å²) >= 11 is 0. The summed E-state index contributed by atoms with van der Waals surface area (Å²) in [6.07, 6.45) is -0.715. The Morgan fingerprint density at radius 3 is 2.24 bits per heavy atom. The monoisotopic (exact) mass is 527 g/mol. The smallest absolute Gasteiger partial charge is 0.408 e.